The molecule has 0 bridgehead atoms. The highest BCUT2D eigenvalue weighted by Crippen LogP contribution is 2.34. The summed E-state index contributed by atoms with van der Waals surface area (Å²) in [5.74, 6) is 0.265. The number of carbonyl (C=O) groups is 1. The van der Waals surface area contributed by atoms with Crippen molar-refractivity contribution in [2.24, 2.45) is 0 Å². The first kappa shape index (κ1) is 22.2. The molecule has 0 aliphatic carbocycles. The van der Waals surface area contributed by atoms with Crippen molar-refractivity contribution >= 4 is 27.3 Å². The van der Waals surface area contributed by atoms with E-state index in [-0.39, 0.29) is 5.69 Å². The van der Waals surface area contributed by atoms with E-state index in [1.807, 2.05) is 48.5 Å². The number of para-hydroxylation sites is 1. The fourth-order valence-corrected chi connectivity index (χ4v) is 4.01. The topological polar surface area (TPSA) is 84.9 Å². The molecule has 1 N–H and O–H groups in total. The van der Waals surface area contributed by atoms with Gasteiger partial charge in [0, 0.05) is 17.3 Å². The number of methoxy groups -OCH3 is 2. The van der Waals surface area contributed by atoms with E-state index in [4.69, 9.17) is 9.47 Å². The van der Waals surface area contributed by atoms with E-state index in [0.717, 1.165) is 21.7 Å². The number of amides is 1. The lowest BCUT2D eigenvalue weighted by atomic mass is 10.0. The molecule has 8 heteroatoms. The van der Waals surface area contributed by atoms with Gasteiger partial charge in [0.15, 0.2) is 0 Å². The van der Waals surface area contributed by atoms with Crippen LogP contribution in [-0.2, 0) is 14.8 Å². The molecule has 0 heterocycles. The number of ether oxygens (including phenoxy) is 2. The Morgan fingerprint density at radius 3 is 2.26 bits per heavy atom. The van der Waals surface area contributed by atoms with E-state index in [1.165, 1.54) is 20.3 Å². The molecule has 0 aliphatic heterocycles. The van der Waals surface area contributed by atoms with Gasteiger partial charge in [-0.1, -0.05) is 48.5 Å². The molecule has 1 amide bonds. The molecule has 0 aliphatic rings. The third-order valence-electron chi connectivity index (χ3n) is 4.63. The molecule has 7 nitrogen and oxygen atoms in total. The second-order valence-electron chi connectivity index (χ2n) is 6.77. The van der Waals surface area contributed by atoms with Crippen molar-refractivity contribution < 1.29 is 22.7 Å². The van der Waals surface area contributed by atoms with Crippen LogP contribution >= 0.6 is 0 Å². The van der Waals surface area contributed by atoms with Crippen molar-refractivity contribution in [2.45, 2.75) is 0 Å². The Balaban J connectivity index is 1.91. The van der Waals surface area contributed by atoms with Crippen molar-refractivity contribution in [3.8, 4) is 22.6 Å². The second kappa shape index (κ2) is 9.53. The van der Waals surface area contributed by atoms with Crippen LogP contribution in [0.5, 0.6) is 11.5 Å². The number of sulfonamides is 1. The Morgan fingerprint density at radius 2 is 1.61 bits per heavy atom. The predicted molar refractivity (Wildman–Crippen MR) is 122 cm³/mol. The molecular weight excluding hydrogens is 416 g/mol. The van der Waals surface area contributed by atoms with Crippen LogP contribution in [0.2, 0.25) is 0 Å². The molecule has 0 saturated heterocycles. The molecular formula is C23H24N2O5S. The average molecular weight is 441 g/mol. The smallest absolute Gasteiger partial charge is 0.245 e. The third kappa shape index (κ3) is 5.35. The third-order valence-corrected chi connectivity index (χ3v) is 5.75. The molecule has 0 saturated carbocycles. The lowest BCUT2D eigenvalue weighted by Gasteiger charge is -2.24. The van der Waals surface area contributed by atoms with E-state index >= 15 is 0 Å². The Labute approximate surface area is 182 Å². The largest absolute Gasteiger partial charge is 0.497 e. The minimum atomic E-state index is -3.79. The van der Waals surface area contributed by atoms with Crippen LogP contribution in [0, 0.1) is 0 Å². The fourth-order valence-electron chi connectivity index (χ4n) is 3.15. The van der Waals surface area contributed by atoms with Gasteiger partial charge in [-0.05, 0) is 23.8 Å². The van der Waals surface area contributed by atoms with Crippen molar-refractivity contribution in [3.63, 3.8) is 0 Å². The zero-order chi connectivity index (χ0) is 22.4. The summed E-state index contributed by atoms with van der Waals surface area (Å²) in [6.07, 6.45) is 1.04. The van der Waals surface area contributed by atoms with Gasteiger partial charge in [-0.2, -0.15) is 0 Å². The van der Waals surface area contributed by atoms with Crippen LogP contribution in [-0.4, -0.2) is 41.3 Å². The van der Waals surface area contributed by atoms with Gasteiger partial charge in [0.1, 0.15) is 18.0 Å². The van der Waals surface area contributed by atoms with Crippen molar-refractivity contribution in [2.75, 3.05) is 36.6 Å². The lowest BCUT2D eigenvalue weighted by Crippen LogP contribution is -2.37. The maximum absolute atomic E-state index is 12.9. The molecule has 3 aromatic carbocycles. The minimum absolute atomic E-state index is 0.218. The van der Waals surface area contributed by atoms with Gasteiger partial charge in [-0.15, -0.1) is 0 Å². The molecule has 3 rings (SSSR count). The van der Waals surface area contributed by atoms with Crippen LogP contribution < -0.4 is 19.1 Å². The lowest BCUT2D eigenvalue weighted by molar-refractivity contribution is -0.114. The first-order valence-corrected chi connectivity index (χ1v) is 11.3. The number of benzene rings is 3. The number of hydrogen-bond donors (Lipinski definition) is 1. The standard InChI is InChI=1S/C23H24N2O5S/c1-29-18-13-14-22(30-2)21(15-18)25(31(3,27)28)16-23(26)24-20-12-8-7-11-19(20)17-9-5-4-6-10-17/h4-15H,16H2,1-3H3,(H,24,26). The average Bonchev–Trinajstić information content (AvgIpc) is 2.77. The zero-order valence-electron chi connectivity index (χ0n) is 17.5. The Morgan fingerprint density at radius 1 is 0.935 bits per heavy atom. The monoisotopic (exact) mass is 440 g/mol. The SMILES string of the molecule is COc1ccc(OC)c(N(CC(=O)Nc2ccccc2-c2ccccc2)S(C)(=O)=O)c1. The predicted octanol–water partition coefficient (Wildman–Crippen LogP) is 3.78. The minimum Gasteiger partial charge on any atom is -0.497 e. The first-order chi connectivity index (χ1) is 14.8. The van der Waals surface area contributed by atoms with Crippen molar-refractivity contribution in [1.29, 1.82) is 0 Å². The normalized spacial score (nSPS) is 10.9. The van der Waals surface area contributed by atoms with Gasteiger partial charge in [-0.3, -0.25) is 9.10 Å². The summed E-state index contributed by atoms with van der Waals surface area (Å²) in [4.78, 5) is 12.9. The molecule has 0 atom stereocenters. The number of hydrogen-bond acceptors (Lipinski definition) is 5. The van der Waals surface area contributed by atoms with Crippen molar-refractivity contribution in [1.82, 2.24) is 0 Å². The number of anilines is 2. The van der Waals surface area contributed by atoms with E-state index in [9.17, 15) is 13.2 Å². The maximum Gasteiger partial charge on any atom is 0.245 e. The number of nitrogens with one attached hydrogen (secondary N) is 1. The summed E-state index contributed by atoms with van der Waals surface area (Å²) < 4.78 is 36.6. The molecule has 0 spiro atoms. The first-order valence-electron chi connectivity index (χ1n) is 9.47. The van der Waals surface area contributed by atoms with Gasteiger partial charge < -0.3 is 14.8 Å². The zero-order valence-corrected chi connectivity index (χ0v) is 18.3. The molecule has 0 fully saturated rings. The van der Waals surface area contributed by atoms with Gasteiger partial charge >= 0.3 is 0 Å². The quantitative estimate of drug-likeness (QED) is 0.576. The molecule has 3 aromatic rings. The molecule has 0 unspecified atom stereocenters. The van der Waals surface area contributed by atoms with Gasteiger partial charge in [0.2, 0.25) is 15.9 Å². The molecule has 0 radical (unpaired) electrons. The summed E-state index contributed by atoms with van der Waals surface area (Å²) in [6.45, 7) is -0.425. The fraction of sp³-hybridized carbons (Fsp3) is 0.174. The van der Waals surface area contributed by atoms with Crippen LogP contribution in [0.3, 0.4) is 0 Å². The number of carbonyl (C=O) groups excluding carboxylic acids is 1. The number of rotatable bonds is 8. The van der Waals surface area contributed by atoms with Crippen LogP contribution in [0.4, 0.5) is 11.4 Å². The van der Waals surface area contributed by atoms with Crippen molar-refractivity contribution in [3.05, 3.63) is 72.8 Å². The second-order valence-corrected chi connectivity index (χ2v) is 8.67. The summed E-state index contributed by atoms with van der Waals surface area (Å²) >= 11 is 0. The summed E-state index contributed by atoms with van der Waals surface area (Å²) in [7, 11) is -0.880. The number of nitrogens with zero attached hydrogens (tertiary/aromatic N) is 1. The summed E-state index contributed by atoms with van der Waals surface area (Å²) in [6, 6.07) is 21.7. The highest BCUT2D eigenvalue weighted by molar-refractivity contribution is 7.92. The van der Waals surface area contributed by atoms with Crippen LogP contribution in [0.15, 0.2) is 72.8 Å². The van der Waals surface area contributed by atoms with Gasteiger partial charge in [0.25, 0.3) is 0 Å². The van der Waals surface area contributed by atoms with E-state index in [2.05, 4.69) is 5.32 Å². The molecule has 31 heavy (non-hydrogen) atoms. The van der Waals surface area contributed by atoms with Crippen LogP contribution in [0.1, 0.15) is 0 Å². The van der Waals surface area contributed by atoms with Gasteiger partial charge in [-0.25, -0.2) is 8.42 Å². The summed E-state index contributed by atoms with van der Waals surface area (Å²) in [5.41, 5.74) is 2.58. The van der Waals surface area contributed by atoms with E-state index < -0.39 is 22.5 Å². The van der Waals surface area contributed by atoms with Crippen LogP contribution in [0.25, 0.3) is 11.1 Å². The van der Waals surface area contributed by atoms with Gasteiger partial charge in [0.05, 0.1) is 26.2 Å². The molecule has 162 valence electrons. The summed E-state index contributed by atoms with van der Waals surface area (Å²) in [5, 5.41) is 2.83. The highest BCUT2D eigenvalue weighted by Gasteiger charge is 2.25. The van der Waals surface area contributed by atoms with E-state index in [0.29, 0.717) is 17.2 Å². The molecule has 0 aromatic heterocycles. The Hall–Kier alpha value is -3.52. The van der Waals surface area contributed by atoms with E-state index in [1.54, 1.807) is 18.2 Å². The Bertz CT molecular complexity index is 1160. The Kier molecular flexibility index (Phi) is 6.81. The highest BCUT2D eigenvalue weighted by atomic mass is 32.2. The maximum atomic E-state index is 12.9.